The first-order chi connectivity index (χ1) is 9.17. The minimum atomic E-state index is -0.470. The topological polar surface area (TPSA) is 53.7 Å². The van der Waals surface area contributed by atoms with Crippen LogP contribution in [0.1, 0.15) is 42.7 Å². The van der Waals surface area contributed by atoms with E-state index in [9.17, 15) is 9.90 Å². The zero-order valence-electron chi connectivity index (χ0n) is 11.2. The molecule has 19 heavy (non-hydrogen) atoms. The van der Waals surface area contributed by atoms with Crippen molar-refractivity contribution in [2.75, 3.05) is 19.6 Å². The van der Waals surface area contributed by atoms with Crippen molar-refractivity contribution in [1.29, 1.82) is 0 Å². The number of Topliss-reactive ketones (excluding diaryl/α,β-unsaturated/α-hetero) is 1. The van der Waals surface area contributed by atoms with E-state index in [0.29, 0.717) is 18.2 Å². The standard InChI is InChI=1S/C15H21NO3/c17-13(14-5-3-9-19-14)11-16-8-7-15(18)6-2-1-4-12(15)10-16/h3,5,9,12,18H,1-2,4,6-8,10-11H2. The molecule has 104 valence electrons. The van der Waals surface area contributed by atoms with E-state index in [4.69, 9.17) is 4.42 Å². The fourth-order valence-electron chi connectivity index (χ4n) is 3.50. The van der Waals surface area contributed by atoms with Gasteiger partial charge < -0.3 is 9.52 Å². The molecule has 1 saturated heterocycles. The second kappa shape index (κ2) is 5.10. The van der Waals surface area contributed by atoms with Crippen molar-refractivity contribution < 1.29 is 14.3 Å². The third kappa shape index (κ3) is 2.60. The number of piperidine rings is 1. The number of furan rings is 1. The SMILES string of the molecule is O=C(CN1CCC2(O)CCCCC2C1)c1ccco1. The van der Waals surface area contributed by atoms with Crippen molar-refractivity contribution in [3.8, 4) is 0 Å². The number of carbonyl (C=O) groups is 1. The van der Waals surface area contributed by atoms with Crippen LogP contribution in [0.3, 0.4) is 0 Å². The van der Waals surface area contributed by atoms with Gasteiger partial charge in [-0.15, -0.1) is 0 Å². The van der Waals surface area contributed by atoms with E-state index in [1.165, 1.54) is 12.7 Å². The number of rotatable bonds is 3. The molecule has 3 rings (SSSR count). The molecular formula is C15H21NO3. The number of aliphatic hydroxyl groups is 1. The summed E-state index contributed by atoms with van der Waals surface area (Å²) in [6, 6.07) is 3.45. The molecule has 0 bridgehead atoms. The van der Waals surface area contributed by atoms with E-state index in [1.807, 2.05) is 0 Å². The van der Waals surface area contributed by atoms with E-state index in [1.54, 1.807) is 12.1 Å². The zero-order valence-corrected chi connectivity index (χ0v) is 11.2. The molecule has 1 aromatic heterocycles. The molecule has 0 spiro atoms. The number of hydrogen-bond acceptors (Lipinski definition) is 4. The molecule has 1 aromatic rings. The van der Waals surface area contributed by atoms with Crippen molar-refractivity contribution >= 4 is 5.78 Å². The maximum Gasteiger partial charge on any atom is 0.211 e. The molecule has 2 heterocycles. The molecule has 1 saturated carbocycles. The van der Waals surface area contributed by atoms with Crippen molar-refractivity contribution in [2.24, 2.45) is 5.92 Å². The molecule has 2 atom stereocenters. The van der Waals surface area contributed by atoms with Gasteiger partial charge in [0, 0.05) is 19.0 Å². The van der Waals surface area contributed by atoms with Gasteiger partial charge in [0.1, 0.15) is 0 Å². The van der Waals surface area contributed by atoms with Crippen molar-refractivity contribution in [1.82, 2.24) is 4.90 Å². The first kappa shape index (κ1) is 12.9. The van der Waals surface area contributed by atoms with E-state index in [0.717, 1.165) is 38.8 Å². The molecule has 4 nitrogen and oxygen atoms in total. The summed E-state index contributed by atoms with van der Waals surface area (Å²) in [5.74, 6) is 0.801. The van der Waals surface area contributed by atoms with Crippen molar-refractivity contribution in [3.63, 3.8) is 0 Å². The first-order valence-corrected chi connectivity index (χ1v) is 7.19. The highest BCUT2D eigenvalue weighted by Crippen LogP contribution is 2.39. The molecule has 0 aromatic carbocycles. The lowest BCUT2D eigenvalue weighted by atomic mass is 9.71. The summed E-state index contributed by atoms with van der Waals surface area (Å²) in [6.07, 6.45) is 6.68. The lowest BCUT2D eigenvalue weighted by Gasteiger charge is -2.47. The molecule has 2 unspecified atom stereocenters. The third-order valence-corrected chi connectivity index (χ3v) is 4.67. The van der Waals surface area contributed by atoms with Crippen LogP contribution < -0.4 is 0 Å². The second-order valence-electron chi connectivity index (χ2n) is 5.93. The van der Waals surface area contributed by atoms with Crippen LogP contribution in [-0.4, -0.2) is 41.0 Å². The molecule has 0 radical (unpaired) electrons. The Morgan fingerprint density at radius 2 is 2.37 bits per heavy atom. The highest BCUT2D eigenvalue weighted by atomic mass is 16.3. The van der Waals surface area contributed by atoms with Crippen LogP contribution in [-0.2, 0) is 0 Å². The Hall–Kier alpha value is -1.13. The van der Waals surface area contributed by atoms with Crippen LogP contribution in [0.15, 0.2) is 22.8 Å². The van der Waals surface area contributed by atoms with E-state index in [2.05, 4.69) is 4.90 Å². The molecule has 2 fully saturated rings. The van der Waals surface area contributed by atoms with Gasteiger partial charge >= 0.3 is 0 Å². The van der Waals surface area contributed by atoms with Crippen LogP contribution >= 0.6 is 0 Å². The van der Waals surface area contributed by atoms with Crippen molar-refractivity contribution in [2.45, 2.75) is 37.7 Å². The van der Waals surface area contributed by atoms with Gasteiger partial charge in [-0.2, -0.15) is 0 Å². The highest BCUT2D eigenvalue weighted by Gasteiger charge is 2.42. The number of likely N-dealkylation sites (tertiary alicyclic amines) is 1. The molecular weight excluding hydrogens is 242 g/mol. The molecule has 1 aliphatic heterocycles. The average Bonchev–Trinajstić information content (AvgIpc) is 2.93. The van der Waals surface area contributed by atoms with E-state index < -0.39 is 5.60 Å². The van der Waals surface area contributed by atoms with Crippen LogP contribution in [0.25, 0.3) is 0 Å². The van der Waals surface area contributed by atoms with Gasteiger partial charge in [-0.1, -0.05) is 12.8 Å². The number of nitrogens with zero attached hydrogens (tertiary/aromatic N) is 1. The minimum absolute atomic E-state index is 0.0336. The maximum absolute atomic E-state index is 12.0. The first-order valence-electron chi connectivity index (χ1n) is 7.19. The normalized spacial score (nSPS) is 31.9. The smallest absolute Gasteiger partial charge is 0.211 e. The average molecular weight is 263 g/mol. The Morgan fingerprint density at radius 1 is 1.47 bits per heavy atom. The number of fused-ring (bicyclic) bond motifs is 1. The lowest BCUT2D eigenvalue weighted by Crippen LogP contribution is -2.54. The quantitative estimate of drug-likeness (QED) is 0.848. The number of hydrogen-bond donors (Lipinski definition) is 1. The fraction of sp³-hybridized carbons (Fsp3) is 0.667. The second-order valence-corrected chi connectivity index (χ2v) is 5.93. The van der Waals surface area contributed by atoms with Gasteiger partial charge in [-0.05, 0) is 31.4 Å². The number of ketones is 1. The summed E-state index contributed by atoms with van der Waals surface area (Å²) < 4.78 is 5.14. The van der Waals surface area contributed by atoms with Gasteiger partial charge in [0.2, 0.25) is 5.78 Å². The van der Waals surface area contributed by atoms with Gasteiger partial charge in [0.25, 0.3) is 0 Å². The monoisotopic (exact) mass is 263 g/mol. The number of carbonyl (C=O) groups excluding carboxylic acids is 1. The zero-order chi connectivity index (χ0) is 13.3. The Bertz CT molecular complexity index is 442. The third-order valence-electron chi connectivity index (χ3n) is 4.67. The Labute approximate surface area is 113 Å². The largest absolute Gasteiger partial charge is 0.461 e. The minimum Gasteiger partial charge on any atom is -0.461 e. The fourth-order valence-corrected chi connectivity index (χ4v) is 3.50. The van der Waals surface area contributed by atoms with Crippen molar-refractivity contribution in [3.05, 3.63) is 24.2 Å². The van der Waals surface area contributed by atoms with Crippen LogP contribution in [0.4, 0.5) is 0 Å². The van der Waals surface area contributed by atoms with Crippen LogP contribution in [0.5, 0.6) is 0 Å². The summed E-state index contributed by atoms with van der Waals surface area (Å²) in [5, 5.41) is 10.6. The van der Waals surface area contributed by atoms with Crippen LogP contribution in [0, 0.1) is 5.92 Å². The Morgan fingerprint density at radius 3 is 3.16 bits per heavy atom. The summed E-state index contributed by atoms with van der Waals surface area (Å²) in [6.45, 7) is 2.04. The summed E-state index contributed by atoms with van der Waals surface area (Å²) in [4.78, 5) is 14.2. The van der Waals surface area contributed by atoms with Gasteiger partial charge in [0.05, 0.1) is 18.4 Å². The summed E-state index contributed by atoms with van der Waals surface area (Å²) in [7, 11) is 0. The molecule has 1 aliphatic carbocycles. The van der Waals surface area contributed by atoms with E-state index in [-0.39, 0.29) is 5.78 Å². The molecule has 0 amide bonds. The molecule has 1 N–H and O–H groups in total. The lowest BCUT2D eigenvalue weighted by molar-refractivity contribution is -0.0937. The summed E-state index contributed by atoms with van der Waals surface area (Å²) in [5.41, 5.74) is -0.470. The maximum atomic E-state index is 12.0. The predicted molar refractivity (Wildman–Crippen MR) is 71.0 cm³/mol. The molecule has 4 heteroatoms. The van der Waals surface area contributed by atoms with Gasteiger partial charge in [0.15, 0.2) is 5.76 Å². The Balaban J connectivity index is 1.60. The Kier molecular flexibility index (Phi) is 3.46. The highest BCUT2D eigenvalue weighted by molar-refractivity contribution is 5.95. The van der Waals surface area contributed by atoms with Gasteiger partial charge in [-0.25, -0.2) is 0 Å². The summed E-state index contributed by atoms with van der Waals surface area (Å²) >= 11 is 0. The predicted octanol–water partition coefficient (Wildman–Crippen LogP) is 2.09. The van der Waals surface area contributed by atoms with E-state index >= 15 is 0 Å². The van der Waals surface area contributed by atoms with Crippen LogP contribution in [0.2, 0.25) is 0 Å². The van der Waals surface area contributed by atoms with Gasteiger partial charge in [-0.3, -0.25) is 9.69 Å². The molecule has 2 aliphatic rings.